The number of hydrogen-bond donors (Lipinski definition) is 1. The van der Waals surface area contributed by atoms with Crippen molar-refractivity contribution in [2.75, 3.05) is 11.9 Å². The van der Waals surface area contributed by atoms with Gasteiger partial charge in [-0.15, -0.1) is 0 Å². The first-order valence-electron chi connectivity index (χ1n) is 9.70. The zero-order valence-electron chi connectivity index (χ0n) is 16.5. The minimum atomic E-state index is -0.566. The van der Waals surface area contributed by atoms with Crippen LogP contribution >= 0.6 is 0 Å². The normalized spacial score (nSPS) is 13.2. The molecule has 1 heterocycles. The Morgan fingerprint density at radius 3 is 2.41 bits per heavy atom. The van der Waals surface area contributed by atoms with Gasteiger partial charge in [0, 0.05) is 11.6 Å². The standard InChI is InChI=1S/C23H23N3O3/c1-15-10-16(2)12-18(11-15)24-22(27)14-29-23(28)21-13-20(17-8-9-17)25-26(21)19-6-4-3-5-7-19/h3-7,10-13,17H,8-9,14H2,1-2H3,(H,24,27). The molecule has 3 aromatic rings. The van der Waals surface area contributed by atoms with Crippen LogP contribution in [-0.4, -0.2) is 28.3 Å². The minimum Gasteiger partial charge on any atom is -0.451 e. The van der Waals surface area contributed by atoms with E-state index in [9.17, 15) is 9.59 Å². The number of aromatic nitrogens is 2. The van der Waals surface area contributed by atoms with Crippen molar-refractivity contribution in [2.45, 2.75) is 32.6 Å². The van der Waals surface area contributed by atoms with Gasteiger partial charge in [0.1, 0.15) is 0 Å². The topological polar surface area (TPSA) is 73.2 Å². The molecule has 0 aliphatic heterocycles. The molecule has 1 aliphatic carbocycles. The first-order valence-corrected chi connectivity index (χ1v) is 9.70. The van der Waals surface area contributed by atoms with Crippen molar-refractivity contribution in [3.63, 3.8) is 0 Å². The maximum absolute atomic E-state index is 12.7. The molecular weight excluding hydrogens is 366 g/mol. The molecule has 148 valence electrons. The van der Waals surface area contributed by atoms with Crippen molar-refractivity contribution in [1.82, 2.24) is 9.78 Å². The monoisotopic (exact) mass is 389 g/mol. The predicted molar refractivity (Wildman–Crippen MR) is 110 cm³/mol. The van der Waals surface area contributed by atoms with E-state index in [1.54, 1.807) is 10.7 Å². The van der Waals surface area contributed by atoms with Crippen LogP contribution in [0, 0.1) is 13.8 Å². The quantitative estimate of drug-likeness (QED) is 0.643. The van der Waals surface area contributed by atoms with Crippen molar-refractivity contribution < 1.29 is 14.3 Å². The van der Waals surface area contributed by atoms with E-state index < -0.39 is 5.97 Å². The Kier molecular flexibility index (Phi) is 5.16. The molecule has 0 radical (unpaired) electrons. The van der Waals surface area contributed by atoms with Crippen molar-refractivity contribution in [3.8, 4) is 5.69 Å². The van der Waals surface area contributed by atoms with Crippen LogP contribution in [0.3, 0.4) is 0 Å². The van der Waals surface area contributed by atoms with E-state index in [0.717, 1.165) is 35.3 Å². The van der Waals surface area contributed by atoms with Gasteiger partial charge < -0.3 is 10.1 Å². The Balaban J connectivity index is 1.46. The summed E-state index contributed by atoms with van der Waals surface area (Å²) < 4.78 is 6.88. The van der Waals surface area contributed by atoms with E-state index in [0.29, 0.717) is 17.3 Å². The number of carbonyl (C=O) groups is 2. The molecule has 0 unspecified atom stereocenters. The van der Waals surface area contributed by atoms with Gasteiger partial charge in [0.25, 0.3) is 5.91 Å². The van der Waals surface area contributed by atoms with Crippen molar-refractivity contribution in [1.29, 1.82) is 0 Å². The third kappa shape index (κ3) is 4.54. The van der Waals surface area contributed by atoms with Gasteiger partial charge in [-0.3, -0.25) is 4.79 Å². The summed E-state index contributed by atoms with van der Waals surface area (Å²) in [6.45, 7) is 3.57. The average Bonchev–Trinajstić information content (AvgIpc) is 3.44. The molecule has 1 amide bonds. The molecule has 1 aromatic heterocycles. The highest BCUT2D eigenvalue weighted by molar-refractivity contribution is 5.95. The molecule has 29 heavy (non-hydrogen) atoms. The summed E-state index contributed by atoms with van der Waals surface area (Å²) in [4.78, 5) is 24.9. The van der Waals surface area contributed by atoms with Gasteiger partial charge in [0.05, 0.1) is 11.4 Å². The van der Waals surface area contributed by atoms with Crippen molar-refractivity contribution in [2.24, 2.45) is 0 Å². The smallest absolute Gasteiger partial charge is 0.357 e. The van der Waals surface area contributed by atoms with E-state index >= 15 is 0 Å². The first-order chi connectivity index (χ1) is 14.0. The summed E-state index contributed by atoms with van der Waals surface area (Å²) in [6, 6.07) is 17.0. The summed E-state index contributed by atoms with van der Waals surface area (Å²) in [5.41, 5.74) is 4.80. The second-order valence-corrected chi connectivity index (χ2v) is 7.48. The van der Waals surface area contributed by atoms with Gasteiger partial charge in [0.15, 0.2) is 12.3 Å². The molecular formula is C23H23N3O3. The molecule has 0 spiro atoms. The van der Waals surface area contributed by atoms with Crippen LogP contribution in [0.5, 0.6) is 0 Å². The number of hydrogen-bond acceptors (Lipinski definition) is 4. The lowest BCUT2D eigenvalue weighted by atomic mass is 10.1. The number of para-hydroxylation sites is 1. The lowest BCUT2D eigenvalue weighted by Gasteiger charge is -2.09. The van der Waals surface area contributed by atoms with E-state index in [1.807, 2.05) is 62.4 Å². The van der Waals surface area contributed by atoms with Crippen LogP contribution in [0.25, 0.3) is 5.69 Å². The predicted octanol–water partition coefficient (Wildman–Crippen LogP) is 4.16. The van der Waals surface area contributed by atoms with Crippen LogP contribution in [0.2, 0.25) is 0 Å². The zero-order chi connectivity index (χ0) is 20.4. The second kappa shape index (κ2) is 7.91. The molecule has 6 nitrogen and oxygen atoms in total. The van der Waals surface area contributed by atoms with Gasteiger partial charge in [-0.25, -0.2) is 9.48 Å². The Labute approximate surface area is 169 Å². The molecule has 0 bridgehead atoms. The molecule has 1 N–H and O–H groups in total. The number of nitrogens with one attached hydrogen (secondary N) is 1. The van der Waals surface area contributed by atoms with E-state index in [1.165, 1.54) is 0 Å². The van der Waals surface area contributed by atoms with Crippen LogP contribution < -0.4 is 5.32 Å². The Morgan fingerprint density at radius 1 is 1.07 bits per heavy atom. The SMILES string of the molecule is Cc1cc(C)cc(NC(=O)COC(=O)c2cc(C3CC3)nn2-c2ccccc2)c1. The summed E-state index contributed by atoms with van der Waals surface area (Å²) >= 11 is 0. The average molecular weight is 389 g/mol. The Morgan fingerprint density at radius 2 is 1.76 bits per heavy atom. The van der Waals surface area contributed by atoms with Crippen LogP contribution in [0.4, 0.5) is 5.69 Å². The fraction of sp³-hybridized carbons (Fsp3) is 0.261. The van der Waals surface area contributed by atoms with E-state index in [4.69, 9.17) is 4.74 Å². The molecule has 1 aliphatic rings. The van der Waals surface area contributed by atoms with E-state index in [2.05, 4.69) is 10.4 Å². The number of aryl methyl sites for hydroxylation is 2. The largest absolute Gasteiger partial charge is 0.451 e. The zero-order valence-corrected chi connectivity index (χ0v) is 16.5. The lowest BCUT2D eigenvalue weighted by Crippen LogP contribution is -2.22. The van der Waals surface area contributed by atoms with Crippen LogP contribution in [0.1, 0.15) is 46.1 Å². The minimum absolute atomic E-state index is 0.331. The number of esters is 1. The number of benzene rings is 2. The lowest BCUT2D eigenvalue weighted by molar-refractivity contribution is -0.119. The van der Waals surface area contributed by atoms with Crippen LogP contribution in [-0.2, 0) is 9.53 Å². The highest BCUT2D eigenvalue weighted by Gasteiger charge is 2.29. The number of nitrogens with zero attached hydrogens (tertiary/aromatic N) is 2. The molecule has 6 heteroatoms. The Hall–Kier alpha value is -3.41. The number of carbonyl (C=O) groups excluding carboxylic acids is 2. The molecule has 1 saturated carbocycles. The van der Waals surface area contributed by atoms with Crippen molar-refractivity contribution in [3.05, 3.63) is 77.1 Å². The third-order valence-electron chi connectivity index (χ3n) is 4.77. The fourth-order valence-corrected chi connectivity index (χ4v) is 3.34. The number of ether oxygens (including phenoxy) is 1. The van der Waals surface area contributed by atoms with Gasteiger partial charge in [0.2, 0.25) is 0 Å². The van der Waals surface area contributed by atoms with Gasteiger partial charge in [-0.05, 0) is 68.1 Å². The van der Waals surface area contributed by atoms with Crippen LogP contribution in [0.15, 0.2) is 54.6 Å². The highest BCUT2D eigenvalue weighted by Crippen LogP contribution is 2.39. The summed E-state index contributed by atoms with van der Waals surface area (Å²) in [7, 11) is 0. The molecule has 0 saturated heterocycles. The summed E-state index contributed by atoms with van der Waals surface area (Å²) in [5.74, 6) is -0.542. The van der Waals surface area contributed by atoms with E-state index in [-0.39, 0.29) is 12.5 Å². The molecule has 4 rings (SSSR count). The molecule has 1 fully saturated rings. The van der Waals surface area contributed by atoms with Gasteiger partial charge in [-0.1, -0.05) is 24.3 Å². The number of anilines is 1. The molecule has 2 aromatic carbocycles. The third-order valence-corrected chi connectivity index (χ3v) is 4.77. The van der Waals surface area contributed by atoms with Gasteiger partial charge >= 0.3 is 5.97 Å². The second-order valence-electron chi connectivity index (χ2n) is 7.48. The fourth-order valence-electron chi connectivity index (χ4n) is 3.34. The maximum atomic E-state index is 12.7. The van der Waals surface area contributed by atoms with Crippen molar-refractivity contribution >= 4 is 17.6 Å². The first kappa shape index (κ1) is 18.9. The maximum Gasteiger partial charge on any atom is 0.357 e. The summed E-state index contributed by atoms with van der Waals surface area (Å²) in [6.07, 6.45) is 2.16. The number of amides is 1. The van der Waals surface area contributed by atoms with Gasteiger partial charge in [-0.2, -0.15) is 5.10 Å². The highest BCUT2D eigenvalue weighted by atomic mass is 16.5. The molecule has 0 atom stereocenters. The Bertz CT molecular complexity index is 1030. The summed E-state index contributed by atoms with van der Waals surface area (Å²) in [5, 5.41) is 7.36. The number of rotatable bonds is 6.